The molecule has 1 rings (SSSR count). The van der Waals surface area contributed by atoms with Gasteiger partial charge in [-0.1, -0.05) is 15.9 Å². The Balaban J connectivity index is 3.28. The smallest absolute Gasteiger partial charge is 0.165 e. The van der Waals surface area contributed by atoms with E-state index >= 15 is 0 Å². The molecule has 0 aliphatic rings. The van der Waals surface area contributed by atoms with Crippen LogP contribution in [-0.2, 0) is 0 Å². The molecule has 1 nitrogen and oxygen atoms in total. The maximum Gasteiger partial charge on any atom is 0.165 e. The molecule has 1 aromatic carbocycles. The average Bonchev–Trinajstić information content (AvgIpc) is 1.84. The third-order valence-corrected chi connectivity index (χ3v) is 2.08. The second-order valence-electron chi connectivity index (χ2n) is 2.05. The van der Waals surface area contributed by atoms with E-state index in [-0.39, 0.29) is 5.75 Å². The molecule has 0 radical (unpaired) electrons. The molecule has 0 aromatic heterocycles. The first kappa shape index (κ1) is 7.54. The number of hydrogen-bond donors (Lipinski definition) is 1. The molecule has 54 valence electrons. The molecule has 0 unspecified atom stereocenters. The first-order chi connectivity index (χ1) is 4.61. The van der Waals surface area contributed by atoms with Crippen LogP contribution in [0.2, 0.25) is 0 Å². The van der Waals surface area contributed by atoms with Gasteiger partial charge in [-0.05, 0) is 24.6 Å². The largest absolute Gasteiger partial charge is 0.505 e. The van der Waals surface area contributed by atoms with Gasteiger partial charge in [-0.3, -0.25) is 0 Å². The third-order valence-electron chi connectivity index (χ3n) is 1.23. The fourth-order valence-corrected chi connectivity index (χ4v) is 0.967. The van der Waals surface area contributed by atoms with Crippen molar-refractivity contribution < 1.29 is 9.50 Å². The van der Waals surface area contributed by atoms with E-state index in [2.05, 4.69) is 15.9 Å². The van der Waals surface area contributed by atoms with Gasteiger partial charge in [0.2, 0.25) is 0 Å². The van der Waals surface area contributed by atoms with Crippen molar-refractivity contribution in [2.45, 2.75) is 6.92 Å². The Morgan fingerprint density at radius 2 is 2.10 bits per heavy atom. The molecule has 0 aliphatic carbocycles. The number of aromatic hydroxyl groups is 1. The van der Waals surface area contributed by atoms with Crippen LogP contribution >= 0.6 is 15.9 Å². The van der Waals surface area contributed by atoms with Crippen molar-refractivity contribution >= 4 is 15.9 Å². The SMILES string of the molecule is Cc1cc(F)c(O)cc1Br. The van der Waals surface area contributed by atoms with Gasteiger partial charge in [-0.2, -0.15) is 0 Å². The molecule has 0 saturated carbocycles. The van der Waals surface area contributed by atoms with Crippen molar-refractivity contribution in [1.29, 1.82) is 0 Å². The molecular formula is C7H6BrFO. The molecule has 0 fully saturated rings. The van der Waals surface area contributed by atoms with E-state index in [1.807, 2.05) is 0 Å². The average molecular weight is 205 g/mol. The summed E-state index contributed by atoms with van der Waals surface area (Å²) in [5, 5.41) is 8.82. The summed E-state index contributed by atoms with van der Waals surface area (Å²) in [7, 11) is 0. The maximum absolute atomic E-state index is 12.5. The molecule has 0 amide bonds. The number of halogens is 2. The van der Waals surface area contributed by atoms with Gasteiger partial charge >= 0.3 is 0 Å². The first-order valence-corrected chi connectivity index (χ1v) is 3.55. The summed E-state index contributed by atoms with van der Waals surface area (Å²) in [4.78, 5) is 0. The number of benzene rings is 1. The summed E-state index contributed by atoms with van der Waals surface area (Å²) in [6.07, 6.45) is 0. The van der Waals surface area contributed by atoms with Crippen LogP contribution < -0.4 is 0 Å². The van der Waals surface area contributed by atoms with Crippen molar-refractivity contribution in [3.05, 3.63) is 28.0 Å². The highest BCUT2D eigenvalue weighted by Gasteiger charge is 2.02. The minimum absolute atomic E-state index is 0.322. The molecule has 0 spiro atoms. The lowest BCUT2D eigenvalue weighted by atomic mass is 10.2. The number of aryl methyl sites for hydroxylation is 1. The Morgan fingerprint density at radius 1 is 1.50 bits per heavy atom. The standard InChI is InChI=1S/C7H6BrFO/c1-4-2-6(9)7(10)3-5(4)8/h2-3,10H,1H3. The number of hydrogen-bond acceptors (Lipinski definition) is 1. The monoisotopic (exact) mass is 204 g/mol. The van der Waals surface area contributed by atoms with Gasteiger partial charge in [-0.25, -0.2) is 4.39 Å². The van der Waals surface area contributed by atoms with Crippen molar-refractivity contribution in [3.8, 4) is 5.75 Å². The van der Waals surface area contributed by atoms with Gasteiger partial charge in [0.15, 0.2) is 11.6 Å². The van der Waals surface area contributed by atoms with Gasteiger partial charge in [0.25, 0.3) is 0 Å². The van der Waals surface area contributed by atoms with E-state index in [4.69, 9.17) is 5.11 Å². The summed E-state index contributed by atoms with van der Waals surface area (Å²) in [6.45, 7) is 1.76. The zero-order valence-corrected chi connectivity index (χ0v) is 6.94. The van der Waals surface area contributed by atoms with Gasteiger partial charge in [0.05, 0.1) is 0 Å². The predicted octanol–water partition coefficient (Wildman–Crippen LogP) is 2.60. The van der Waals surface area contributed by atoms with Gasteiger partial charge in [0.1, 0.15) is 0 Å². The lowest BCUT2D eigenvalue weighted by Gasteiger charge is -1.98. The van der Waals surface area contributed by atoms with Crippen LogP contribution in [0.1, 0.15) is 5.56 Å². The van der Waals surface area contributed by atoms with Crippen molar-refractivity contribution in [2.75, 3.05) is 0 Å². The van der Waals surface area contributed by atoms with Gasteiger partial charge in [0, 0.05) is 4.47 Å². The van der Waals surface area contributed by atoms with Crippen molar-refractivity contribution in [1.82, 2.24) is 0 Å². The molecule has 3 heteroatoms. The fraction of sp³-hybridized carbons (Fsp3) is 0.143. The second kappa shape index (κ2) is 2.58. The maximum atomic E-state index is 12.5. The van der Waals surface area contributed by atoms with E-state index in [0.29, 0.717) is 4.47 Å². The van der Waals surface area contributed by atoms with E-state index in [0.717, 1.165) is 5.56 Å². The van der Waals surface area contributed by atoms with E-state index in [1.165, 1.54) is 12.1 Å². The van der Waals surface area contributed by atoms with Crippen LogP contribution in [0.15, 0.2) is 16.6 Å². The van der Waals surface area contributed by atoms with Crippen molar-refractivity contribution in [3.63, 3.8) is 0 Å². The lowest BCUT2D eigenvalue weighted by Crippen LogP contribution is -1.80. The molecule has 0 heterocycles. The van der Waals surface area contributed by atoms with E-state index in [1.54, 1.807) is 6.92 Å². The molecule has 1 aromatic rings. The Hall–Kier alpha value is -0.570. The highest BCUT2D eigenvalue weighted by molar-refractivity contribution is 9.10. The molecular weight excluding hydrogens is 199 g/mol. The summed E-state index contributed by atoms with van der Waals surface area (Å²) < 4.78 is 13.2. The number of phenols is 1. The first-order valence-electron chi connectivity index (χ1n) is 2.76. The summed E-state index contributed by atoms with van der Waals surface area (Å²) >= 11 is 3.15. The molecule has 0 aliphatic heterocycles. The summed E-state index contributed by atoms with van der Waals surface area (Å²) in [5.41, 5.74) is 0.773. The Morgan fingerprint density at radius 3 is 2.60 bits per heavy atom. The third kappa shape index (κ3) is 1.29. The zero-order valence-electron chi connectivity index (χ0n) is 5.36. The normalized spacial score (nSPS) is 9.90. The van der Waals surface area contributed by atoms with Crippen LogP contribution in [-0.4, -0.2) is 5.11 Å². The van der Waals surface area contributed by atoms with E-state index in [9.17, 15) is 4.39 Å². The molecule has 0 bridgehead atoms. The van der Waals surface area contributed by atoms with Gasteiger partial charge < -0.3 is 5.11 Å². The van der Waals surface area contributed by atoms with Gasteiger partial charge in [-0.15, -0.1) is 0 Å². The summed E-state index contributed by atoms with van der Waals surface area (Å²) in [5.74, 6) is -0.904. The molecule has 1 N–H and O–H groups in total. The second-order valence-corrected chi connectivity index (χ2v) is 2.91. The lowest BCUT2D eigenvalue weighted by molar-refractivity contribution is 0.431. The molecule has 10 heavy (non-hydrogen) atoms. The zero-order chi connectivity index (χ0) is 7.72. The predicted molar refractivity (Wildman–Crippen MR) is 40.5 cm³/mol. The Bertz CT molecular complexity index is 210. The number of rotatable bonds is 0. The summed E-state index contributed by atoms with van der Waals surface area (Å²) in [6, 6.07) is 2.62. The van der Waals surface area contributed by atoms with E-state index < -0.39 is 5.82 Å². The van der Waals surface area contributed by atoms with Crippen LogP contribution in [0.4, 0.5) is 4.39 Å². The fourth-order valence-electron chi connectivity index (χ4n) is 0.636. The highest BCUT2D eigenvalue weighted by Crippen LogP contribution is 2.24. The minimum atomic E-state index is -0.583. The van der Waals surface area contributed by atoms with Crippen LogP contribution in [0, 0.1) is 12.7 Å². The van der Waals surface area contributed by atoms with Crippen LogP contribution in [0.25, 0.3) is 0 Å². The highest BCUT2D eigenvalue weighted by atomic mass is 79.9. The Kier molecular flexibility index (Phi) is 1.94. The Labute approximate surface area is 66.6 Å². The van der Waals surface area contributed by atoms with Crippen LogP contribution in [0.3, 0.4) is 0 Å². The molecule has 0 atom stereocenters. The van der Waals surface area contributed by atoms with Crippen LogP contribution in [0.5, 0.6) is 5.75 Å². The van der Waals surface area contributed by atoms with Crippen molar-refractivity contribution in [2.24, 2.45) is 0 Å². The molecule has 0 saturated heterocycles. The number of phenolic OH excluding ortho intramolecular Hbond substituents is 1. The topological polar surface area (TPSA) is 20.2 Å². The quantitative estimate of drug-likeness (QED) is 0.690. The minimum Gasteiger partial charge on any atom is -0.505 e.